The fourth-order valence-electron chi connectivity index (χ4n) is 2.38. The second kappa shape index (κ2) is 16.7. The lowest BCUT2D eigenvalue weighted by atomic mass is 10.5. The summed E-state index contributed by atoms with van der Waals surface area (Å²) in [7, 11) is -6.51. The third-order valence-electron chi connectivity index (χ3n) is 3.72. The molecule has 0 radical (unpaired) electrons. The van der Waals surface area contributed by atoms with Crippen LogP contribution in [0.3, 0.4) is 0 Å². The number of hydrogen-bond donors (Lipinski definition) is 0. The molecule has 0 rings (SSSR count). The van der Waals surface area contributed by atoms with Crippen LogP contribution in [0.1, 0.15) is 80.1 Å². The van der Waals surface area contributed by atoms with Crippen molar-refractivity contribution in [2.24, 2.45) is 0 Å². The van der Waals surface area contributed by atoms with Crippen molar-refractivity contribution in [2.45, 2.75) is 80.1 Å². The van der Waals surface area contributed by atoms with Crippen molar-refractivity contribution in [3.05, 3.63) is 11.4 Å². The summed E-state index contributed by atoms with van der Waals surface area (Å²) in [5, 5.41) is 0. The molecule has 0 aliphatic heterocycles. The second-order valence-corrected chi connectivity index (χ2v) is 12.3. The molecule has 0 unspecified atom stereocenters. The Morgan fingerprint density at radius 2 is 0.643 bits per heavy atom. The molecule has 0 N–H and O–H groups in total. The molecular weight excluding hydrogens is 392 g/mol. The van der Waals surface area contributed by atoms with Gasteiger partial charge in [-0.25, -0.2) is 0 Å². The van der Waals surface area contributed by atoms with Crippen LogP contribution in [0, 0.1) is 0 Å². The monoisotopic (exact) mass is 436 g/mol. The molecule has 0 aliphatic rings. The summed E-state index contributed by atoms with van der Waals surface area (Å²) in [5.74, 6) is 0. The molecule has 0 saturated heterocycles. The van der Waals surface area contributed by atoms with Crippen molar-refractivity contribution in [3.63, 3.8) is 0 Å². The van der Waals surface area contributed by atoms with Crippen LogP contribution in [0.25, 0.3) is 0 Å². The second-order valence-electron chi connectivity index (χ2n) is 6.68. The summed E-state index contributed by atoms with van der Waals surface area (Å²) in [4.78, 5) is 0.644. The maximum absolute atomic E-state index is 6.28. The van der Waals surface area contributed by atoms with Crippen LogP contribution >= 0.6 is 0 Å². The largest absolute Gasteiger partial charge is 0.535 e. The molecule has 0 fully saturated rings. The van der Waals surface area contributed by atoms with Crippen LogP contribution in [-0.2, 0) is 26.6 Å². The SMILES string of the molecule is C=C([Si](OCCC)(OCCC)OCCC)[Si](OCCC)(OCCC)OCCC. The van der Waals surface area contributed by atoms with Crippen molar-refractivity contribution in [1.82, 2.24) is 0 Å². The average Bonchev–Trinajstić information content (AvgIpc) is 2.73. The van der Waals surface area contributed by atoms with Crippen molar-refractivity contribution >= 4 is 17.6 Å². The molecule has 6 nitrogen and oxygen atoms in total. The fourth-order valence-corrected chi connectivity index (χ4v) is 9.56. The third-order valence-corrected chi connectivity index (χ3v) is 10.5. The molecule has 0 heterocycles. The first-order chi connectivity index (χ1) is 13.5. The molecule has 8 heteroatoms. The third kappa shape index (κ3) is 9.17. The van der Waals surface area contributed by atoms with Crippen LogP contribution < -0.4 is 0 Å². The fraction of sp³-hybridized carbons (Fsp3) is 0.900. The van der Waals surface area contributed by atoms with E-state index >= 15 is 0 Å². The van der Waals surface area contributed by atoms with Gasteiger partial charge in [-0.05, 0) is 38.5 Å². The highest BCUT2D eigenvalue weighted by molar-refractivity contribution is 6.91. The first-order valence-corrected chi connectivity index (χ1v) is 14.5. The highest BCUT2D eigenvalue weighted by atomic mass is 28.5. The van der Waals surface area contributed by atoms with Crippen molar-refractivity contribution in [3.8, 4) is 0 Å². The van der Waals surface area contributed by atoms with E-state index in [0.717, 1.165) is 38.5 Å². The van der Waals surface area contributed by atoms with E-state index in [2.05, 4.69) is 48.1 Å². The molecule has 168 valence electrons. The highest BCUT2D eigenvalue weighted by Gasteiger charge is 2.60. The zero-order valence-corrected chi connectivity index (χ0v) is 21.1. The van der Waals surface area contributed by atoms with Gasteiger partial charge in [0.15, 0.2) is 0 Å². The van der Waals surface area contributed by atoms with Crippen LogP contribution in [0.15, 0.2) is 11.4 Å². The number of hydrogen-bond acceptors (Lipinski definition) is 6. The lowest BCUT2D eigenvalue weighted by Crippen LogP contribution is -2.62. The topological polar surface area (TPSA) is 55.4 Å². The van der Waals surface area contributed by atoms with Crippen LogP contribution in [0.4, 0.5) is 0 Å². The predicted molar refractivity (Wildman–Crippen MR) is 118 cm³/mol. The molecule has 0 atom stereocenters. The Morgan fingerprint density at radius 3 is 0.786 bits per heavy atom. The quantitative estimate of drug-likeness (QED) is 0.249. The Balaban J connectivity index is 6.03. The lowest BCUT2D eigenvalue weighted by Gasteiger charge is -2.38. The minimum Gasteiger partial charge on any atom is -0.370 e. The van der Waals surface area contributed by atoms with E-state index < -0.39 is 17.6 Å². The van der Waals surface area contributed by atoms with Gasteiger partial charge < -0.3 is 26.6 Å². The van der Waals surface area contributed by atoms with E-state index in [0.29, 0.717) is 44.5 Å². The Morgan fingerprint density at radius 1 is 0.464 bits per heavy atom. The van der Waals surface area contributed by atoms with E-state index in [1.807, 2.05) is 0 Å². The van der Waals surface area contributed by atoms with Gasteiger partial charge in [-0.15, -0.1) is 0 Å². The molecule has 0 saturated carbocycles. The van der Waals surface area contributed by atoms with Crippen LogP contribution in [0.2, 0.25) is 0 Å². The molecule has 28 heavy (non-hydrogen) atoms. The maximum Gasteiger partial charge on any atom is 0.535 e. The van der Waals surface area contributed by atoms with Crippen molar-refractivity contribution in [1.29, 1.82) is 0 Å². The van der Waals surface area contributed by atoms with E-state index in [-0.39, 0.29) is 0 Å². The lowest BCUT2D eigenvalue weighted by molar-refractivity contribution is 0.0486. The zero-order valence-electron chi connectivity index (χ0n) is 19.1. The molecular formula is C20H44O6Si2. The van der Waals surface area contributed by atoms with E-state index in [1.54, 1.807) is 0 Å². The maximum atomic E-state index is 6.28. The molecule has 0 aromatic carbocycles. The summed E-state index contributed by atoms with van der Waals surface area (Å²) < 4.78 is 37.7. The normalized spacial score (nSPS) is 12.5. The summed E-state index contributed by atoms with van der Waals surface area (Å²) in [6, 6.07) is 0. The summed E-state index contributed by atoms with van der Waals surface area (Å²) in [5.41, 5.74) is 0. The van der Waals surface area contributed by atoms with Gasteiger partial charge in [0, 0.05) is 39.6 Å². The van der Waals surface area contributed by atoms with Gasteiger partial charge in [0.25, 0.3) is 0 Å². The predicted octanol–water partition coefficient (Wildman–Crippen LogP) is 5.06. The molecule has 0 bridgehead atoms. The minimum absolute atomic E-state index is 0.540. The molecule has 0 amide bonds. The molecule has 0 aliphatic carbocycles. The number of rotatable bonds is 20. The standard InChI is InChI=1S/C20H44O6Si2/c1-8-14-21-27(22-15-9-2,23-16-10-3)20(7)28(24-17-11-4,25-18-12-5)26-19-13-6/h7-19H2,1-6H3. The highest BCUT2D eigenvalue weighted by Crippen LogP contribution is 2.31. The van der Waals surface area contributed by atoms with E-state index in [9.17, 15) is 0 Å². The van der Waals surface area contributed by atoms with Gasteiger partial charge in [-0.1, -0.05) is 48.1 Å². The smallest absolute Gasteiger partial charge is 0.370 e. The van der Waals surface area contributed by atoms with Gasteiger partial charge in [0.05, 0.1) is 4.82 Å². The molecule has 0 aromatic heterocycles. The van der Waals surface area contributed by atoms with Gasteiger partial charge >= 0.3 is 17.6 Å². The van der Waals surface area contributed by atoms with Crippen molar-refractivity contribution in [2.75, 3.05) is 39.6 Å². The first kappa shape index (κ1) is 27.9. The van der Waals surface area contributed by atoms with E-state index in [4.69, 9.17) is 26.6 Å². The van der Waals surface area contributed by atoms with Crippen LogP contribution in [-0.4, -0.2) is 57.3 Å². The van der Waals surface area contributed by atoms with Gasteiger partial charge in [-0.3, -0.25) is 0 Å². The summed E-state index contributed by atoms with van der Waals surface area (Å²) >= 11 is 0. The molecule has 0 spiro atoms. The summed E-state index contributed by atoms with van der Waals surface area (Å²) in [6.07, 6.45) is 5.18. The van der Waals surface area contributed by atoms with Gasteiger partial charge in [-0.2, -0.15) is 0 Å². The Labute approximate surface area is 175 Å². The Kier molecular flexibility index (Phi) is 16.7. The van der Waals surface area contributed by atoms with Gasteiger partial charge in [0.1, 0.15) is 0 Å². The van der Waals surface area contributed by atoms with Gasteiger partial charge in [0.2, 0.25) is 0 Å². The minimum atomic E-state index is -3.25. The zero-order chi connectivity index (χ0) is 21.3. The van der Waals surface area contributed by atoms with Crippen LogP contribution in [0.5, 0.6) is 0 Å². The summed E-state index contributed by atoms with van der Waals surface area (Å²) in [6.45, 7) is 20.1. The Hall–Kier alpha value is -0.0662. The Bertz CT molecular complexity index is 317. The molecule has 0 aromatic rings. The van der Waals surface area contributed by atoms with E-state index in [1.165, 1.54) is 0 Å². The average molecular weight is 437 g/mol. The first-order valence-electron chi connectivity index (χ1n) is 11.1. The van der Waals surface area contributed by atoms with Crippen molar-refractivity contribution < 1.29 is 26.6 Å².